The molecule has 2 aromatic heterocycles. The van der Waals surface area contributed by atoms with E-state index in [1.165, 1.54) is 0 Å². The summed E-state index contributed by atoms with van der Waals surface area (Å²) in [7, 11) is 0. The van der Waals surface area contributed by atoms with Gasteiger partial charge in [0.25, 0.3) is 0 Å². The SMILES string of the molecule is Brc1cc2ccoc2c2occc12. The normalized spacial score (nSPS) is 11.5. The van der Waals surface area contributed by atoms with Gasteiger partial charge >= 0.3 is 0 Å². The van der Waals surface area contributed by atoms with Gasteiger partial charge in [0.15, 0.2) is 11.2 Å². The van der Waals surface area contributed by atoms with Gasteiger partial charge in [-0.3, -0.25) is 0 Å². The van der Waals surface area contributed by atoms with E-state index in [0.29, 0.717) is 0 Å². The van der Waals surface area contributed by atoms with Gasteiger partial charge < -0.3 is 8.83 Å². The highest BCUT2D eigenvalue weighted by Gasteiger charge is 2.09. The highest BCUT2D eigenvalue weighted by Crippen LogP contribution is 2.32. The van der Waals surface area contributed by atoms with E-state index in [4.69, 9.17) is 8.83 Å². The lowest BCUT2D eigenvalue weighted by atomic mass is 10.2. The molecule has 0 saturated carbocycles. The lowest BCUT2D eigenvalue weighted by molar-refractivity contribution is 0.583. The maximum Gasteiger partial charge on any atom is 0.178 e. The fourth-order valence-electron chi connectivity index (χ4n) is 1.50. The van der Waals surface area contributed by atoms with E-state index in [2.05, 4.69) is 15.9 Å². The van der Waals surface area contributed by atoms with E-state index in [1.54, 1.807) is 12.5 Å². The van der Waals surface area contributed by atoms with Gasteiger partial charge in [0.05, 0.1) is 12.5 Å². The third kappa shape index (κ3) is 0.877. The molecule has 3 heteroatoms. The zero-order valence-corrected chi connectivity index (χ0v) is 8.17. The summed E-state index contributed by atoms with van der Waals surface area (Å²) in [4.78, 5) is 0. The minimum absolute atomic E-state index is 0.800. The minimum Gasteiger partial charge on any atom is -0.460 e. The zero-order valence-electron chi connectivity index (χ0n) is 6.58. The van der Waals surface area contributed by atoms with Crippen LogP contribution in [0.15, 0.2) is 44.0 Å². The highest BCUT2D eigenvalue weighted by atomic mass is 79.9. The van der Waals surface area contributed by atoms with Crippen molar-refractivity contribution in [1.29, 1.82) is 0 Å². The molecule has 0 amide bonds. The van der Waals surface area contributed by atoms with E-state index in [-0.39, 0.29) is 0 Å². The maximum atomic E-state index is 5.35. The van der Waals surface area contributed by atoms with Gasteiger partial charge in [0, 0.05) is 15.2 Å². The minimum atomic E-state index is 0.800. The van der Waals surface area contributed by atoms with Crippen LogP contribution >= 0.6 is 15.9 Å². The molecule has 0 bridgehead atoms. The van der Waals surface area contributed by atoms with Crippen LogP contribution in [-0.4, -0.2) is 0 Å². The molecular weight excluding hydrogens is 232 g/mol. The Morgan fingerprint density at radius 1 is 1.00 bits per heavy atom. The van der Waals surface area contributed by atoms with Crippen LogP contribution < -0.4 is 0 Å². The van der Waals surface area contributed by atoms with E-state index < -0.39 is 0 Å². The van der Waals surface area contributed by atoms with Crippen LogP contribution in [0.25, 0.3) is 21.9 Å². The molecule has 2 heterocycles. The summed E-state index contributed by atoms with van der Waals surface area (Å²) >= 11 is 3.48. The third-order valence-electron chi connectivity index (χ3n) is 2.11. The van der Waals surface area contributed by atoms with Crippen molar-refractivity contribution in [2.45, 2.75) is 0 Å². The first-order chi connectivity index (χ1) is 6.36. The average Bonchev–Trinajstić information content (AvgIpc) is 2.66. The number of fused-ring (bicyclic) bond motifs is 3. The van der Waals surface area contributed by atoms with Crippen LogP contribution in [0.2, 0.25) is 0 Å². The molecule has 13 heavy (non-hydrogen) atoms. The molecule has 0 unspecified atom stereocenters. The first kappa shape index (κ1) is 7.21. The Bertz CT molecular complexity index is 577. The Hall–Kier alpha value is -1.22. The average molecular weight is 237 g/mol. The van der Waals surface area contributed by atoms with Crippen LogP contribution in [0.4, 0.5) is 0 Å². The second-order valence-electron chi connectivity index (χ2n) is 2.86. The van der Waals surface area contributed by atoms with Crippen LogP contribution in [0.1, 0.15) is 0 Å². The molecule has 0 aliphatic rings. The quantitative estimate of drug-likeness (QED) is 0.591. The maximum absolute atomic E-state index is 5.35. The van der Waals surface area contributed by atoms with Crippen molar-refractivity contribution in [2.75, 3.05) is 0 Å². The molecule has 0 N–H and O–H groups in total. The molecule has 0 aliphatic carbocycles. The molecule has 0 radical (unpaired) electrons. The summed E-state index contributed by atoms with van der Waals surface area (Å²) < 4.78 is 11.7. The number of rotatable bonds is 0. The van der Waals surface area contributed by atoms with E-state index in [9.17, 15) is 0 Å². The number of halogens is 1. The monoisotopic (exact) mass is 236 g/mol. The fourth-order valence-corrected chi connectivity index (χ4v) is 2.06. The Morgan fingerprint density at radius 3 is 2.69 bits per heavy atom. The second kappa shape index (κ2) is 2.39. The zero-order chi connectivity index (χ0) is 8.84. The van der Waals surface area contributed by atoms with Gasteiger partial charge in [0.1, 0.15) is 0 Å². The standard InChI is InChI=1S/C10H5BrO2/c11-8-5-6-1-3-12-9(6)10-7(8)2-4-13-10/h1-5H. The summed E-state index contributed by atoms with van der Waals surface area (Å²) in [5.74, 6) is 0. The van der Waals surface area contributed by atoms with E-state index in [0.717, 1.165) is 26.4 Å². The van der Waals surface area contributed by atoms with Crippen LogP contribution in [-0.2, 0) is 0 Å². The second-order valence-corrected chi connectivity index (χ2v) is 3.72. The third-order valence-corrected chi connectivity index (χ3v) is 2.76. The predicted octanol–water partition coefficient (Wildman–Crippen LogP) is 3.94. The molecule has 2 nitrogen and oxygen atoms in total. The van der Waals surface area contributed by atoms with Gasteiger partial charge in [0.2, 0.25) is 0 Å². The van der Waals surface area contributed by atoms with Gasteiger partial charge in [-0.25, -0.2) is 0 Å². The number of furan rings is 2. The van der Waals surface area contributed by atoms with Gasteiger partial charge in [-0.1, -0.05) is 15.9 Å². The van der Waals surface area contributed by atoms with Crippen LogP contribution in [0.3, 0.4) is 0 Å². The van der Waals surface area contributed by atoms with E-state index in [1.807, 2.05) is 18.2 Å². The first-order valence-corrected chi connectivity index (χ1v) is 4.68. The van der Waals surface area contributed by atoms with Crippen molar-refractivity contribution < 1.29 is 8.83 Å². The van der Waals surface area contributed by atoms with Crippen molar-refractivity contribution >= 4 is 37.9 Å². The highest BCUT2D eigenvalue weighted by molar-refractivity contribution is 9.10. The van der Waals surface area contributed by atoms with Crippen LogP contribution in [0.5, 0.6) is 0 Å². The molecule has 1 aromatic carbocycles. The van der Waals surface area contributed by atoms with Crippen molar-refractivity contribution in [2.24, 2.45) is 0 Å². The molecule has 0 atom stereocenters. The molecule has 0 fully saturated rings. The Labute approximate surface area is 82.3 Å². The Balaban J connectivity index is 2.70. The molecular formula is C10H5BrO2. The molecule has 0 spiro atoms. The predicted molar refractivity (Wildman–Crippen MR) is 53.7 cm³/mol. The largest absolute Gasteiger partial charge is 0.460 e. The molecule has 64 valence electrons. The van der Waals surface area contributed by atoms with Gasteiger partial charge in [-0.15, -0.1) is 0 Å². The molecule has 0 saturated heterocycles. The van der Waals surface area contributed by atoms with Crippen molar-refractivity contribution in [3.8, 4) is 0 Å². The topological polar surface area (TPSA) is 26.3 Å². The summed E-state index contributed by atoms with van der Waals surface area (Å²) in [5, 5.41) is 2.09. The van der Waals surface area contributed by atoms with E-state index >= 15 is 0 Å². The summed E-state index contributed by atoms with van der Waals surface area (Å²) in [6, 6.07) is 5.86. The van der Waals surface area contributed by atoms with Gasteiger partial charge in [-0.2, -0.15) is 0 Å². The van der Waals surface area contributed by atoms with Crippen molar-refractivity contribution in [3.63, 3.8) is 0 Å². The molecule has 0 aliphatic heterocycles. The number of hydrogen-bond donors (Lipinski definition) is 0. The summed E-state index contributed by atoms with van der Waals surface area (Å²) in [6.07, 6.45) is 3.33. The van der Waals surface area contributed by atoms with Gasteiger partial charge in [-0.05, 0) is 18.2 Å². The summed E-state index contributed by atoms with van der Waals surface area (Å²) in [5.41, 5.74) is 1.61. The lowest BCUT2D eigenvalue weighted by Crippen LogP contribution is -1.69. The lowest BCUT2D eigenvalue weighted by Gasteiger charge is -1.93. The first-order valence-electron chi connectivity index (χ1n) is 3.89. The van der Waals surface area contributed by atoms with Crippen molar-refractivity contribution in [3.05, 3.63) is 35.2 Å². The van der Waals surface area contributed by atoms with Crippen LogP contribution in [0, 0.1) is 0 Å². The Kier molecular flexibility index (Phi) is 1.32. The van der Waals surface area contributed by atoms with Crippen molar-refractivity contribution in [1.82, 2.24) is 0 Å². The smallest absolute Gasteiger partial charge is 0.178 e. The fraction of sp³-hybridized carbons (Fsp3) is 0. The number of hydrogen-bond acceptors (Lipinski definition) is 2. The molecule has 3 aromatic rings. The Morgan fingerprint density at radius 2 is 1.77 bits per heavy atom. The molecule has 3 rings (SSSR count). The summed E-state index contributed by atoms with van der Waals surface area (Å²) in [6.45, 7) is 0. The number of benzene rings is 1.